The number of likely N-dealkylation sites (tertiary alicyclic amines) is 2. The molecule has 0 saturated carbocycles. The number of amides is 3. The van der Waals surface area contributed by atoms with Gasteiger partial charge >= 0.3 is 6.03 Å². The number of carbonyl (C=O) groups excluding carboxylic acids is 2. The first-order valence-electron chi connectivity index (χ1n) is 10.1. The third-order valence-electron chi connectivity index (χ3n) is 5.67. The zero-order chi connectivity index (χ0) is 19.3. The zero-order valence-corrected chi connectivity index (χ0v) is 16.1. The molecule has 1 aromatic heterocycles. The van der Waals surface area contributed by atoms with Crippen LogP contribution in [0, 0.1) is 5.92 Å². The average Bonchev–Trinajstić information content (AvgIpc) is 3.46. The van der Waals surface area contributed by atoms with Crippen molar-refractivity contribution < 1.29 is 9.59 Å². The molecule has 7 heteroatoms. The van der Waals surface area contributed by atoms with Crippen LogP contribution < -0.4 is 5.32 Å². The van der Waals surface area contributed by atoms with E-state index in [0.717, 1.165) is 62.1 Å². The van der Waals surface area contributed by atoms with Gasteiger partial charge in [0, 0.05) is 38.9 Å². The van der Waals surface area contributed by atoms with E-state index in [0.29, 0.717) is 13.1 Å². The number of nitrogens with zero attached hydrogens (tertiary/aromatic N) is 3. The topological polar surface area (TPSA) is 81.3 Å². The van der Waals surface area contributed by atoms with Crippen molar-refractivity contribution in [2.45, 2.75) is 32.2 Å². The molecule has 2 aliphatic rings. The number of carbonyl (C=O) groups is 2. The van der Waals surface area contributed by atoms with Crippen molar-refractivity contribution in [1.29, 1.82) is 0 Å². The van der Waals surface area contributed by atoms with E-state index in [1.165, 1.54) is 0 Å². The Kier molecular flexibility index (Phi) is 5.60. The molecule has 0 aliphatic carbocycles. The van der Waals surface area contributed by atoms with Crippen molar-refractivity contribution in [3.05, 3.63) is 42.1 Å². The lowest BCUT2D eigenvalue weighted by molar-refractivity contribution is -0.126. The molecule has 2 N–H and O–H groups in total. The molecule has 2 aromatic rings. The molecule has 1 unspecified atom stereocenters. The minimum absolute atomic E-state index is 0.0385. The number of H-pyrrole nitrogens is 1. The van der Waals surface area contributed by atoms with Crippen molar-refractivity contribution in [3.8, 4) is 11.3 Å². The lowest BCUT2D eigenvalue weighted by Crippen LogP contribution is -2.49. The number of piperidine rings is 1. The Balaban J connectivity index is 1.29. The Morgan fingerprint density at radius 1 is 1.04 bits per heavy atom. The number of nitrogens with one attached hydrogen (secondary N) is 2. The van der Waals surface area contributed by atoms with Gasteiger partial charge in [0.15, 0.2) is 0 Å². The number of aromatic nitrogens is 2. The van der Waals surface area contributed by atoms with Crippen LogP contribution in [0.1, 0.15) is 31.2 Å². The molecule has 4 rings (SSSR count). The molecule has 2 fully saturated rings. The van der Waals surface area contributed by atoms with E-state index < -0.39 is 0 Å². The average molecular weight is 381 g/mol. The Morgan fingerprint density at radius 3 is 2.50 bits per heavy atom. The largest absolute Gasteiger partial charge is 0.352 e. The van der Waals surface area contributed by atoms with Crippen LogP contribution in [-0.2, 0) is 11.3 Å². The van der Waals surface area contributed by atoms with Crippen LogP contribution in [-0.4, -0.2) is 58.1 Å². The van der Waals surface area contributed by atoms with Crippen LogP contribution in [0.5, 0.6) is 0 Å². The summed E-state index contributed by atoms with van der Waals surface area (Å²) in [6, 6.07) is 10.1. The highest BCUT2D eigenvalue weighted by Crippen LogP contribution is 2.20. The molecular formula is C21H27N5O2. The molecule has 0 spiro atoms. The summed E-state index contributed by atoms with van der Waals surface area (Å²) in [4.78, 5) is 29.0. The van der Waals surface area contributed by atoms with Gasteiger partial charge in [-0.2, -0.15) is 5.10 Å². The summed E-state index contributed by atoms with van der Waals surface area (Å²) in [5.74, 6) is -0.0823. The maximum atomic E-state index is 12.6. The summed E-state index contributed by atoms with van der Waals surface area (Å²) < 4.78 is 0. The smallest absolute Gasteiger partial charge is 0.320 e. The Hall–Kier alpha value is -2.83. The fourth-order valence-corrected chi connectivity index (χ4v) is 4.03. The number of aromatic amines is 1. The first-order chi connectivity index (χ1) is 13.7. The second-order valence-electron chi connectivity index (χ2n) is 7.65. The SMILES string of the molecule is O=C(NCc1ccc(-c2ccn[nH]2)cc1)C1CCCN(C(=O)N2CCCC2)C1. The summed E-state index contributed by atoms with van der Waals surface area (Å²) in [6.07, 6.45) is 5.63. The highest BCUT2D eigenvalue weighted by Gasteiger charge is 2.31. The lowest BCUT2D eigenvalue weighted by atomic mass is 9.97. The summed E-state index contributed by atoms with van der Waals surface area (Å²) in [5, 5.41) is 9.95. The fourth-order valence-electron chi connectivity index (χ4n) is 4.03. The van der Waals surface area contributed by atoms with Crippen LogP contribution in [0.2, 0.25) is 0 Å². The molecule has 7 nitrogen and oxygen atoms in total. The van der Waals surface area contributed by atoms with E-state index in [1.54, 1.807) is 6.20 Å². The monoisotopic (exact) mass is 381 g/mol. The van der Waals surface area contributed by atoms with Gasteiger partial charge in [-0.15, -0.1) is 0 Å². The van der Waals surface area contributed by atoms with Crippen LogP contribution >= 0.6 is 0 Å². The summed E-state index contributed by atoms with van der Waals surface area (Å²) in [6.45, 7) is 3.48. The Morgan fingerprint density at radius 2 is 1.79 bits per heavy atom. The van der Waals surface area contributed by atoms with Crippen LogP contribution in [0.25, 0.3) is 11.3 Å². The lowest BCUT2D eigenvalue weighted by Gasteiger charge is -2.34. The van der Waals surface area contributed by atoms with E-state index in [9.17, 15) is 9.59 Å². The molecule has 1 aromatic carbocycles. The van der Waals surface area contributed by atoms with Crippen molar-refractivity contribution in [3.63, 3.8) is 0 Å². The summed E-state index contributed by atoms with van der Waals surface area (Å²) in [5.41, 5.74) is 3.09. The molecule has 3 heterocycles. The van der Waals surface area contributed by atoms with Gasteiger partial charge < -0.3 is 15.1 Å². The second kappa shape index (κ2) is 8.46. The molecule has 0 radical (unpaired) electrons. The highest BCUT2D eigenvalue weighted by molar-refractivity contribution is 5.81. The normalized spacial score (nSPS) is 19.6. The second-order valence-corrected chi connectivity index (χ2v) is 7.65. The van der Waals surface area contributed by atoms with Crippen molar-refractivity contribution in [2.24, 2.45) is 5.92 Å². The Bertz CT molecular complexity index is 797. The number of hydrogen-bond acceptors (Lipinski definition) is 3. The maximum absolute atomic E-state index is 12.6. The van der Waals surface area contributed by atoms with Crippen LogP contribution in [0.15, 0.2) is 36.5 Å². The fraction of sp³-hybridized carbons (Fsp3) is 0.476. The van der Waals surface area contributed by atoms with Crippen molar-refractivity contribution in [1.82, 2.24) is 25.3 Å². The van der Waals surface area contributed by atoms with Crippen molar-refractivity contribution >= 4 is 11.9 Å². The number of urea groups is 1. The molecule has 0 bridgehead atoms. The minimum Gasteiger partial charge on any atom is -0.352 e. The molecule has 2 aliphatic heterocycles. The third-order valence-corrected chi connectivity index (χ3v) is 5.67. The van der Waals surface area contributed by atoms with Crippen molar-refractivity contribution in [2.75, 3.05) is 26.2 Å². The predicted molar refractivity (Wildman–Crippen MR) is 106 cm³/mol. The highest BCUT2D eigenvalue weighted by atomic mass is 16.2. The summed E-state index contributed by atoms with van der Waals surface area (Å²) >= 11 is 0. The van der Waals surface area contributed by atoms with Gasteiger partial charge in [0.1, 0.15) is 0 Å². The van der Waals surface area contributed by atoms with Crippen LogP contribution in [0.4, 0.5) is 4.79 Å². The molecule has 2 saturated heterocycles. The van der Waals surface area contributed by atoms with Gasteiger partial charge in [0.05, 0.1) is 11.6 Å². The number of rotatable bonds is 4. The minimum atomic E-state index is -0.121. The molecule has 3 amide bonds. The molecule has 28 heavy (non-hydrogen) atoms. The Labute approximate surface area is 165 Å². The quantitative estimate of drug-likeness (QED) is 0.854. The number of benzene rings is 1. The standard InChI is InChI=1S/C21H27N5O2/c27-20(18-4-3-13-26(15-18)21(28)25-11-1-2-12-25)22-14-16-5-7-17(8-6-16)19-9-10-23-24-19/h5-10,18H,1-4,11-15H2,(H,22,27)(H,23,24). The summed E-state index contributed by atoms with van der Waals surface area (Å²) in [7, 11) is 0. The number of hydrogen-bond donors (Lipinski definition) is 2. The van der Waals surface area contributed by atoms with Gasteiger partial charge in [-0.05, 0) is 42.9 Å². The maximum Gasteiger partial charge on any atom is 0.320 e. The van der Waals surface area contributed by atoms with E-state index in [1.807, 2.05) is 40.1 Å². The first-order valence-corrected chi connectivity index (χ1v) is 10.1. The van der Waals surface area contributed by atoms with Crippen LogP contribution in [0.3, 0.4) is 0 Å². The van der Waals surface area contributed by atoms with Gasteiger partial charge in [-0.3, -0.25) is 9.89 Å². The predicted octanol–water partition coefficient (Wildman–Crippen LogP) is 2.62. The van der Waals surface area contributed by atoms with Gasteiger partial charge in [-0.25, -0.2) is 4.79 Å². The third kappa shape index (κ3) is 4.18. The van der Waals surface area contributed by atoms with E-state index in [4.69, 9.17) is 0 Å². The van der Waals surface area contributed by atoms with Gasteiger partial charge in [0.2, 0.25) is 5.91 Å². The molecule has 148 valence electrons. The van der Waals surface area contributed by atoms with E-state index >= 15 is 0 Å². The zero-order valence-electron chi connectivity index (χ0n) is 16.1. The van der Waals surface area contributed by atoms with Gasteiger partial charge in [0.25, 0.3) is 0 Å². The first kappa shape index (κ1) is 18.5. The van der Waals surface area contributed by atoms with Gasteiger partial charge in [-0.1, -0.05) is 24.3 Å². The molecule has 1 atom stereocenters. The molecular weight excluding hydrogens is 354 g/mol. The van der Waals surface area contributed by atoms with E-state index in [2.05, 4.69) is 15.5 Å². The van der Waals surface area contributed by atoms with E-state index in [-0.39, 0.29) is 17.9 Å².